The highest BCUT2D eigenvalue weighted by Gasteiger charge is 2.06. The maximum absolute atomic E-state index is 5.90. The average Bonchev–Trinajstić information content (AvgIpc) is 2.24. The summed E-state index contributed by atoms with van der Waals surface area (Å²) in [6.45, 7) is 4.49. The number of benzene rings is 1. The van der Waals surface area contributed by atoms with Gasteiger partial charge in [-0.15, -0.1) is 0 Å². The summed E-state index contributed by atoms with van der Waals surface area (Å²) < 4.78 is 0. The number of nitrogen functional groups attached to an aromatic ring is 2. The monoisotopic (exact) mass is 206 g/mol. The second-order valence-corrected chi connectivity index (χ2v) is 4.18. The van der Waals surface area contributed by atoms with Gasteiger partial charge in [0.15, 0.2) is 0 Å². The average molecular weight is 206 g/mol. The van der Waals surface area contributed by atoms with E-state index in [0.29, 0.717) is 0 Å². The molecule has 2 heteroatoms. The molecule has 1 aromatic rings. The van der Waals surface area contributed by atoms with Gasteiger partial charge < -0.3 is 11.5 Å². The van der Waals surface area contributed by atoms with Crippen LogP contribution in [0.4, 0.5) is 11.4 Å². The largest absolute Gasteiger partial charge is 0.399 e. The fourth-order valence-corrected chi connectivity index (χ4v) is 1.90. The van der Waals surface area contributed by atoms with E-state index in [2.05, 4.69) is 13.8 Å². The van der Waals surface area contributed by atoms with Crippen molar-refractivity contribution in [1.29, 1.82) is 0 Å². The summed E-state index contributed by atoms with van der Waals surface area (Å²) in [6.07, 6.45) is 4.75. The Morgan fingerprint density at radius 3 is 2.40 bits per heavy atom. The van der Waals surface area contributed by atoms with Crippen molar-refractivity contribution in [2.45, 2.75) is 39.5 Å². The number of rotatable bonds is 5. The molecule has 4 N–H and O–H groups in total. The molecule has 0 fully saturated rings. The first-order valence-corrected chi connectivity index (χ1v) is 5.81. The highest BCUT2D eigenvalue weighted by atomic mass is 14.6. The molecule has 0 aliphatic carbocycles. The van der Waals surface area contributed by atoms with Crippen LogP contribution >= 0.6 is 0 Å². The predicted octanol–water partition coefficient (Wildman–Crippen LogP) is 3.22. The molecule has 0 bridgehead atoms. The van der Waals surface area contributed by atoms with Crippen LogP contribution in [-0.4, -0.2) is 0 Å². The van der Waals surface area contributed by atoms with E-state index in [0.717, 1.165) is 23.7 Å². The summed E-state index contributed by atoms with van der Waals surface area (Å²) in [5.74, 6) is 0.811. The van der Waals surface area contributed by atoms with E-state index >= 15 is 0 Å². The second-order valence-electron chi connectivity index (χ2n) is 4.18. The van der Waals surface area contributed by atoms with E-state index in [1.807, 2.05) is 18.2 Å². The molecular weight excluding hydrogens is 184 g/mol. The van der Waals surface area contributed by atoms with Crippen molar-refractivity contribution >= 4 is 11.4 Å². The summed E-state index contributed by atoms with van der Waals surface area (Å²) in [5.41, 5.74) is 14.5. The third kappa shape index (κ3) is 3.46. The van der Waals surface area contributed by atoms with Crippen molar-refractivity contribution < 1.29 is 0 Å². The molecule has 0 atom stereocenters. The van der Waals surface area contributed by atoms with E-state index in [1.165, 1.54) is 24.8 Å². The molecular formula is C13H22N2. The summed E-state index contributed by atoms with van der Waals surface area (Å²) in [6, 6.07) is 5.76. The van der Waals surface area contributed by atoms with Crippen LogP contribution in [0.15, 0.2) is 18.2 Å². The quantitative estimate of drug-likeness (QED) is 0.727. The Morgan fingerprint density at radius 2 is 1.80 bits per heavy atom. The lowest BCUT2D eigenvalue weighted by Gasteiger charge is -2.13. The van der Waals surface area contributed by atoms with Gasteiger partial charge in [-0.2, -0.15) is 0 Å². The summed E-state index contributed by atoms with van der Waals surface area (Å²) >= 11 is 0. The van der Waals surface area contributed by atoms with Crippen LogP contribution in [-0.2, 0) is 6.42 Å². The molecule has 0 saturated carbocycles. The minimum Gasteiger partial charge on any atom is -0.399 e. The van der Waals surface area contributed by atoms with Crippen LogP contribution in [0, 0.1) is 5.92 Å². The van der Waals surface area contributed by atoms with Gasteiger partial charge in [0.1, 0.15) is 0 Å². The van der Waals surface area contributed by atoms with Crippen LogP contribution in [0.5, 0.6) is 0 Å². The third-order valence-corrected chi connectivity index (χ3v) is 3.14. The van der Waals surface area contributed by atoms with Crippen LogP contribution in [0.3, 0.4) is 0 Å². The molecule has 15 heavy (non-hydrogen) atoms. The van der Waals surface area contributed by atoms with E-state index in [-0.39, 0.29) is 0 Å². The first-order chi connectivity index (χ1) is 7.17. The Labute approximate surface area is 92.7 Å². The van der Waals surface area contributed by atoms with E-state index < -0.39 is 0 Å². The zero-order valence-electron chi connectivity index (χ0n) is 9.79. The molecule has 0 unspecified atom stereocenters. The molecule has 0 aromatic heterocycles. The van der Waals surface area contributed by atoms with Crippen LogP contribution in [0.1, 0.15) is 38.7 Å². The van der Waals surface area contributed by atoms with Gasteiger partial charge in [-0.3, -0.25) is 0 Å². The van der Waals surface area contributed by atoms with Gasteiger partial charge in [-0.1, -0.05) is 26.7 Å². The Hall–Kier alpha value is -1.18. The predicted molar refractivity (Wildman–Crippen MR) is 67.7 cm³/mol. The van der Waals surface area contributed by atoms with Gasteiger partial charge in [0, 0.05) is 11.4 Å². The fraction of sp³-hybridized carbons (Fsp3) is 0.538. The summed E-state index contributed by atoms with van der Waals surface area (Å²) in [7, 11) is 0. The normalized spacial score (nSPS) is 10.9. The highest BCUT2D eigenvalue weighted by molar-refractivity contribution is 5.55. The Balaban J connectivity index is 2.60. The maximum Gasteiger partial charge on any atom is 0.0348 e. The highest BCUT2D eigenvalue weighted by Crippen LogP contribution is 2.21. The minimum absolute atomic E-state index is 0.809. The zero-order valence-corrected chi connectivity index (χ0v) is 9.79. The van der Waals surface area contributed by atoms with Crippen LogP contribution in [0.2, 0.25) is 0 Å². The van der Waals surface area contributed by atoms with Crippen LogP contribution in [0.25, 0.3) is 0 Å². The summed E-state index contributed by atoms with van der Waals surface area (Å²) in [5, 5.41) is 0. The SMILES string of the molecule is CCC(CC)CCc1cc(N)ccc1N. The molecule has 2 nitrogen and oxygen atoms in total. The minimum atomic E-state index is 0.809. The molecule has 0 spiro atoms. The topological polar surface area (TPSA) is 52.0 Å². The standard InChI is InChI=1S/C13H22N2/c1-3-10(4-2)5-6-11-9-12(14)7-8-13(11)15/h7-10H,3-6,14-15H2,1-2H3. The maximum atomic E-state index is 5.90. The Morgan fingerprint density at radius 1 is 1.13 bits per heavy atom. The van der Waals surface area contributed by atoms with Gasteiger partial charge in [-0.25, -0.2) is 0 Å². The molecule has 1 aromatic carbocycles. The number of hydrogen-bond donors (Lipinski definition) is 2. The van der Waals surface area contributed by atoms with Gasteiger partial charge in [0.05, 0.1) is 0 Å². The molecule has 0 aliphatic heterocycles. The number of hydrogen-bond acceptors (Lipinski definition) is 2. The van der Waals surface area contributed by atoms with Gasteiger partial charge in [-0.05, 0) is 42.5 Å². The molecule has 84 valence electrons. The lowest BCUT2D eigenvalue weighted by atomic mass is 9.94. The second kappa shape index (κ2) is 5.64. The first-order valence-electron chi connectivity index (χ1n) is 5.81. The van der Waals surface area contributed by atoms with Crippen LogP contribution < -0.4 is 11.5 Å². The van der Waals surface area contributed by atoms with Crippen molar-refractivity contribution in [3.63, 3.8) is 0 Å². The van der Waals surface area contributed by atoms with E-state index in [1.54, 1.807) is 0 Å². The molecule has 0 saturated heterocycles. The smallest absolute Gasteiger partial charge is 0.0348 e. The van der Waals surface area contributed by atoms with E-state index in [4.69, 9.17) is 11.5 Å². The molecule has 1 rings (SSSR count). The number of anilines is 2. The third-order valence-electron chi connectivity index (χ3n) is 3.14. The first kappa shape index (κ1) is 11.9. The lowest BCUT2D eigenvalue weighted by Crippen LogP contribution is -2.02. The fourth-order valence-electron chi connectivity index (χ4n) is 1.90. The molecule has 0 aliphatic rings. The Kier molecular flexibility index (Phi) is 4.47. The van der Waals surface area contributed by atoms with Gasteiger partial charge in [0.25, 0.3) is 0 Å². The van der Waals surface area contributed by atoms with Crippen molar-refractivity contribution in [2.75, 3.05) is 11.5 Å². The molecule has 0 amide bonds. The number of aryl methyl sites for hydroxylation is 1. The van der Waals surface area contributed by atoms with Crippen molar-refractivity contribution in [3.8, 4) is 0 Å². The number of nitrogens with two attached hydrogens (primary N) is 2. The molecule has 0 heterocycles. The van der Waals surface area contributed by atoms with Gasteiger partial charge >= 0.3 is 0 Å². The molecule has 0 radical (unpaired) electrons. The Bertz CT molecular complexity index is 303. The zero-order chi connectivity index (χ0) is 11.3. The van der Waals surface area contributed by atoms with Crippen molar-refractivity contribution in [2.24, 2.45) is 5.92 Å². The lowest BCUT2D eigenvalue weighted by molar-refractivity contribution is 0.456. The van der Waals surface area contributed by atoms with E-state index in [9.17, 15) is 0 Å². The summed E-state index contributed by atoms with van der Waals surface area (Å²) in [4.78, 5) is 0. The van der Waals surface area contributed by atoms with Crippen molar-refractivity contribution in [3.05, 3.63) is 23.8 Å². The van der Waals surface area contributed by atoms with Gasteiger partial charge in [0.2, 0.25) is 0 Å². The van der Waals surface area contributed by atoms with Crippen molar-refractivity contribution in [1.82, 2.24) is 0 Å².